The molecule has 5 aliphatic rings. The molecule has 5 aliphatic heterocycles. The van der Waals surface area contributed by atoms with Gasteiger partial charge < -0.3 is 14.4 Å². The molecule has 0 aromatic heterocycles. The fourth-order valence-corrected chi connectivity index (χ4v) is 5.78. The van der Waals surface area contributed by atoms with Crippen LogP contribution in [-0.4, -0.2) is 185 Å². The van der Waals surface area contributed by atoms with E-state index in [1.807, 2.05) is 0 Å². The van der Waals surface area contributed by atoms with E-state index in [1.54, 1.807) is 0 Å². The lowest BCUT2D eigenvalue weighted by molar-refractivity contribution is 0.0238. The molecule has 276 valence electrons. The molecule has 5 heterocycles. The van der Waals surface area contributed by atoms with Gasteiger partial charge in [-0.1, -0.05) is 27.7 Å². The number of hydrogen-bond acceptors (Lipinski definition) is 8. The number of alkyl halides is 2. The largest absolute Gasteiger partial charge is 0.379 e. The molecule has 0 unspecified atom stereocenters. The van der Waals surface area contributed by atoms with E-state index in [1.165, 1.54) is 32.7 Å². The third-order valence-corrected chi connectivity index (χ3v) is 8.90. The van der Waals surface area contributed by atoms with Crippen LogP contribution in [0.4, 0.5) is 8.78 Å². The number of likely N-dealkylation sites (tertiary alicyclic amines) is 2. The molecule has 5 saturated heterocycles. The SMILES string of the molecule is CC(C)CN1CC(F)C1.CC(C)CN1CCOCC1.CC(C)N1CC(F)C1.CC(C)N1CCN(C)CC1.CC(C)N1CCOCC1. The topological polar surface area (TPSA) is 37.9 Å². The van der Waals surface area contributed by atoms with Crippen molar-refractivity contribution in [3.8, 4) is 0 Å². The first-order valence-corrected chi connectivity index (χ1v) is 18.5. The summed E-state index contributed by atoms with van der Waals surface area (Å²) in [4.78, 5) is 14.1. The molecule has 0 spiro atoms. The minimum absolute atomic E-state index is 0.530. The van der Waals surface area contributed by atoms with E-state index >= 15 is 0 Å². The van der Waals surface area contributed by atoms with Crippen molar-refractivity contribution in [1.29, 1.82) is 0 Å². The van der Waals surface area contributed by atoms with Gasteiger partial charge in [-0.25, -0.2) is 8.78 Å². The van der Waals surface area contributed by atoms with Gasteiger partial charge in [0.2, 0.25) is 0 Å². The lowest BCUT2D eigenvalue weighted by Crippen LogP contribution is -2.51. The molecule has 0 atom stereocenters. The molecule has 0 amide bonds. The van der Waals surface area contributed by atoms with Gasteiger partial charge in [-0.3, -0.25) is 24.5 Å². The Morgan fingerprint density at radius 3 is 1.17 bits per heavy atom. The number of hydrogen-bond donors (Lipinski definition) is 0. The molecule has 8 nitrogen and oxygen atoms in total. The summed E-state index contributed by atoms with van der Waals surface area (Å²) < 4.78 is 34.7. The lowest BCUT2D eigenvalue weighted by atomic mass is 10.1. The molecule has 46 heavy (non-hydrogen) atoms. The van der Waals surface area contributed by atoms with Crippen molar-refractivity contribution in [3.05, 3.63) is 0 Å². The molecule has 0 saturated carbocycles. The van der Waals surface area contributed by atoms with Crippen LogP contribution < -0.4 is 0 Å². The number of piperazine rings is 1. The predicted octanol–water partition coefficient (Wildman–Crippen LogP) is 4.69. The van der Waals surface area contributed by atoms with Gasteiger partial charge in [0.1, 0.15) is 12.3 Å². The summed E-state index contributed by atoms with van der Waals surface area (Å²) >= 11 is 0. The van der Waals surface area contributed by atoms with E-state index < -0.39 is 12.3 Å². The standard InChI is InChI=1S/C8H18N2.C8H17NO.C7H14FN.C7H15NO.C6H12FN/c1-8(2)10-6-4-9(3)5-7-10;1-8(2)7-9-3-5-10-6-4-9;1-6(2)3-9-4-7(8)5-9;1-7(2)8-3-5-9-6-4-8;1-5(2)8-3-6(7)4-8/h8H,4-7H2,1-3H3;8H,3-7H2,1-2H3;6-7H,3-5H2,1-2H3;7H,3-6H2,1-2H3;5-6H,3-4H2,1-2H3. The Bertz CT molecular complexity index is 701. The number of likely N-dealkylation sites (N-methyl/N-ethyl adjacent to an activating group) is 1. The summed E-state index contributed by atoms with van der Waals surface area (Å²) in [6, 6.07) is 1.95. The molecule has 0 aromatic rings. The molecule has 5 rings (SSSR count). The second-order valence-electron chi connectivity index (χ2n) is 15.3. The second kappa shape index (κ2) is 24.6. The third-order valence-electron chi connectivity index (χ3n) is 8.90. The molecule has 0 N–H and O–H groups in total. The maximum Gasteiger partial charge on any atom is 0.125 e. The Morgan fingerprint density at radius 2 is 0.848 bits per heavy atom. The quantitative estimate of drug-likeness (QED) is 0.389. The fraction of sp³-hybridized carbons (Fsp3) is 1.00. The van der Waals surface area contributed by atoms with Crippen LogP contribution >= 0.6 is 0 Å². The Balaban J connectivity index is 0.000000288. The summed E-state index contributed by atoms with van der Waals surface area (Å²) in [7, 11) is 2.19. The predicted molar refractivity (Wildman–Crippen MR) is 192 cm³/mol. The van der Waals surface area contributed by atoms with E-state index in [4.69, 9.17) is 9.47 Å². The van der Waals surface area contributed by atoms with Crippen LogP contribution in [0, 0.1) is 11.8 Å². The number of rotatable bonds is 7. The van der Waals surface area contributed by atoms with Gasteiger partial charge in [-0.15, -0.1) is 0 Å². The average Bonchev–Trinajstić information content (AvgIpc) is 2.97. The Morgan fingerprint density at radius 1 is 0.478 bits per heavy atom. The zero-order valence-electron chi connectivity index (χ0n) is 32.0. The van der Waals surface area contributed by atoms with Crippen LogP contribution in [0.5, 0.6) is 0 Å². The van der Waals surface area contributed by atoms with Crippen molar-refractivity contribution in [2.45, 2.75) is 99.7 Å². The van der Waals surface area contributed by atoms with Crippen molar-refractivity contribution in [2.24, 2.45) is 11.8 Å². The van der Waals surface area contributed by atoms with Gasteiger partial charge in [-0.05, 0) is 60.4 Å². The maximum atomic E-state index is 12.2. The van der Waals surface area contributed by atoms with Gasteiger partial charge in [0.15, 0.2) is 0 Å². The lowest BCUT2D eigenvalue weighted by Gasteiger charge is -2.37. The van der Waals surface area contributed by atoms with E-state index in [0.717, 1.165) is 71.1 Å². The molecule has 10 heteroatoms. The first-order chi connectivity index (χ1) is 21.7. The molecule has 0 aliphatic carbocycles. The van der Waals surface area contributed by atoms with Crippen molar-refractivity contribution in [1.82, 2.24) is 29.4 Å². The van der Waals surface area contributed by atoms with Gasteiger partial charge in [0.25, 0.3) is 0 Å². The molecule has 5 fully saturated rings. The van der Waals surface area contributed by atoms with Gasteiger partial charge in [-0.2, -0.15) is 0 Å². The monoisotopic (exact) mass is 663 g/mol. The molecule has 0 radical (unpaired) electrons. The highest BCUT2D eigenvalue weighted by Gasteiger charge is 2.27. The van der Waals surface area contributed by atoms with Crippen LogP contribution in [0.15, 0.2) is 0 Å². The Labute approximate surface area is 284 Å². The summed E-state index contributed by atoms with van der Waals surface area (Å²) in [5.74, 6) is 1.47. The smallest absolute Gasteiger partial charge is 0.125 e. The minimum atomic E-state index is -0.544. The first kappa shape index (κ1) is 43.6. The number of ether oxygens (including phenoxy) is 2. The first-order valence-electron chi connectivity index (χ1n) is 18.5. The molecule has 0 aromatic carbocycles. The fourth-order valence-electron chi connectivity index (χ4n) is 5.78. The minimum Gasteiger partial charge on any atom is -0.379 e. The third kappa shape index (κ3) is 20.8. The number of morpholine rings is 2. The van der Waals surface area contributed by atoms with Crippen LogP contribution in [0.25, 0.3) is 0 Å². The average molecular weight is 663 g/mol. The molecular formula is C36H76F2N6O2. The van der Waals surface area contributed by atoms with Gasteiger partial charge in [0, 0.05) is 110 Å². The Kier molecular flexibility index (Phi) is 23.3. The highest BCUT2D eigenvalue weighted by molar-refractivity contribution is 4.81. The van der Waals surface area contributed by atoms with Crippen LogP contribution in [0.3, 0.4) is 0 Å². The van der Waals surface area contributed by atoms with Crippen LogP contribution in [0.2, 0.25) is 0 Å². The number of nitrogens with zero attached hydrogens (tertiary/aromatic N) is 6. The van der Waals surface area contributed by atoms with E-state index in [9.17, 15) is 8.78 Å². The Hall–Kier alpha value is -0.460. The highest BCUT2D eigenvalue weighted by atomic mass is 19.1. The van der Waals surface area contributed by atoms with Crippen LogP contribution in [-0.2, 0) is 9.47 Å². The molecule has 0 bridgehead atoms. The summed E-state index contributed by atoms with van der Waals surface area (Å²) in [6.07, 6.45) is -1.08. The zero-order valence-corrected chi connectivity index (χ0v) is 32.0. The maximum absolute atomic E-state index is 12.2. The van der Waals surface area contributed by atoms with Gasteiger partial charge >= 0.3 is 0 Å². The van der Waals surface area contributed by atoms with Crippen molar-refractivity contribution in [2.75, 3.05) is 125 Å². The van der Waals surface area contributed by atoms with Crippen molar-refractivity contribution in [3.63, 3.8) is 0 Å². The van der Waals surface area contributed by atoms with E-state index in [-0.39, 0.29) is 0 Å². The second-order valence-corrected chi connectivity index (χ2v) is 15.3. The van der Waals surface area contributed by atoms with Crippen molar-refractivity contribution >= 4 is 0 Å². The number of halogens is 2. The summed E-state index contributed by atoms with van der Waals surface area (Å²) in [6.45, 7) is 40.0. The normalized spacial score (nSPS) is 23.1. The van der Waals surface area contributed by atoms with E-state index in [2.05, 4.69) is 106 Å². The summed E-state index contributed by atoms with van der Waals surface area (Å²) in [5, 5.41) is 0. The molecular weight excluding hydrogens is 586 g/mol. The van der Waals surface area contributed by atoms with Gasteiger partial charge in [0.05, 0.1) is 26.4 Å². The van der Waals surface area contributed by atoms with E-state index in [0.29, 0.717) is 44.2 Å². The van der Waals surface area contributed by atoms with Crippen LogP contribution in [0.1, 0.15) is 69.2 Å². The zero-order chi connectivity index (χ0) is 34.6. The highest BCUT2D eigenvalue weighted by Crippen LogP contribution is 2.14. The summed E-state index contributed by atoms with van der Waals surface area (Å²) in [5.41, 5.74) is 0. The van der Waals surface area contributed by atoms with Crippen molar-refractivity contribution < 1.29 is 18.3 Å².